The fourth-order valence-corrected chi connectivity index (χ4v) is 2.32. The van der Waals surface area contributed by atoms with Gasteiger partial charge in [-0.1, -0.05) is 30.3 Å². The summed E-state index contributed by atoms with van der Waals surface area (Å²) in [7, 11) is 3.51. The fourth-order valence-electron chi connectivity index (χ4n) is 2.32. The number of amides is 2. The van der Waals surface area contributed by atoms with Gasteiger partial charge in [-0.15, -0.1) is 0 Å². The Morgan fingerprint density at radius 3 is 2.45 bits per heavy atom. The topological polar surface area (TPSA) is 63.1 Å². The number of nitrogens with one attached hydrogen (secondary N) is 2. The summed E-state index contributed by atoms with van der Waals surface area (Å²) in [6, 6.07) is 12.5. The number of aromatic nitrogens is 1. The summed E-state index contributed by atoms with van der Waals surface area (Å²) in [5, 5.41) is 5.40. The Bertz CT molecular complexity index is 634. The summed E-state index contributed by atoms with van der Waals surface area (Å²) >= 11 is 0. The van der Waals surface area contributed by atoms with Gasteiger partial charge in [0.15, 0.2) is 0 Å². The average Bonchev–Trinajstić information content (AvgIpc) is 2.96. The molecule has 5 heteroatoms. The summed E-state index contributed by atoms with van der Waals surface area (Å²) < 4.78 is 1.99. The number of rotatable bonds is 6. The molecule has 1 aromatic heterocycles. The van der Waals surface area contributed by atoms with Gasteiger partial charge < -0.3 is 15.2 Å². The van der Waals surface area contributed by atoms with Gasteiger partial charge in [-0.25, -0.2) is 0 Å². The third-order valence-electron chi connectivity index (χ3n) is 3.61. The second kappa shape index (κ2) is 7.45. The van der Waals surface area contributed by atoms with Gasteiger partial charge in [0.25, 0.3) is 0 Å². The molecule has 116 valence electrons. The normalized spacial score (nSPS) is 11.7. The summed E-state index contributed by atoms with van der Waals surface area (Å²) in [4.78, 5) is 24.2. The van der Waals surface area contributed by atoms with Gasteiger partial charge in [-0.2, -0.15) is 0 Å². The van der Waals surface area contributed by atoms with Crippen LogP contribution in [0.2, 0.25) is 0 Å². The highest BCUT2D eigenvalue weighted by atomic mass is 16.2. The van der Waals surface area contributed by atoms with Crippen molar-refractivity contribution in [2.24, 2.45) is 7.05 Å². The SMILES string of the molecule is CNC(=O)[C@H](NC(=O)CCc1cccn1C)c1ccccc1. The molecule has 0 aliphatic heterocycles. The van der Waals surface area contributed by atoms with E-state index in [9.17, 15) is 9.59 Å². The Labute approximate surface area is 130 Å². The monoisotopic (exact) mass is 299 g/mol. The molecular weight excluding hydrogens is 278 g/mol. The number of likely N-dealkylation sites (N-methyl/N-ethyl adjacent to an activating group) is 1. The lowest BCUT2D eigenvalue weighted by Crippen LogP contribution is -2.39. The number of carbonyl (C=O) groups is 2. The Morgan fingerprint density at radius 1 is 1.14 bits per heavy atom. The van der Waals surface area contributed by atoms with Gasteiger partial charge in [0.2, 0.25) is 11.8 Å². The maximum atomic E-state index is 12.2. The van der Waals surface area contributed by atoms with Crippen LogP contribution in [0, 0.1) is 0 Å². The highest BCUT2D eigenvalue weighted by Crippen LogP contribution is 2.13. The van der Waals surface area contributed by atoms with E-state index in [2.05, 4.69) is 10.6 Å². The molecule has 0 fully saturated rings. The number of aryl methyl sites for hydroxylation is 2. The van der Waals surface area contributed by atoms with Gasteiger partial charge in [0, 0.05) is 32.4 Å². The quantitative estimate of drug-likeness (QED) is 0.850. The molecule has 0 aliphatic carbocycles. The van der Waals surface area contributed by atoms with Crippen molar-refractivity contribution >= 4 is 11.8 Å². The van der Waals surface area contributed by atoms with Gasteiger partial charge in [-0.05, 0) is 24.1 Å². The molecule has 0 saturated carbocycles. The Hall–Kier alpha value is -2.56. The third-order valence-corrected chi connectivity index (χ3v) is 3.61. The predicted octanol–water partition coefficient (Wildman–Crippen LogP) is 1.56. The molecule has 5 nitrogen and oxygen atoms in total. The zero-order valence-corrected chi connectivity index (χ0v) is 12.9. The third kappa shape index (κ3) is 3.97. The summed E-state index contributed by atoms with van der Waals surface area (Å²) in [5.41, 5.74) is 1.86. The van der Waals surface area contributed by atoms with Crippen molar-refractivity contribution in [3.05, 3.63) is 59.9 Å². The molecular formula is C17H21N3O2. The van der Waals surface area contributed by atoms with Crippen LogP contribution in [0.1, 0.15) is 23.7 Å². The fraction of sp³-hybridized carbons (Fsp3) is 0.294. The Balaban J connectivity index is 1.99. The van der Waals surface area contributed by atoms with E-state index in [4.69, 9.17) is 0 Å². The highest BCUT2D eigenvalue weighted by molar-refractivity contribution is 5.88. The van der Waals surface area contributed by atoms with E-state index in [-0.39, 0.29) is 11.8 Å². The lowest BCUT2D eigenvalue weighted by molar-refractivity contribution is -0.128. The lowest BCUT2D eigenvalue weighted by atomic mass is 10.1. The molecule has 0 aliphatic rings. The molecule has 1 heterocycles. The summed E-state index contributed by atoms with van der Waals surface area (Å²) in [5.74, 6) is -0.364. The van der Waals surface area contributed by atoms with Crippen LogP contribution in [0.3, 0.4) is 0 Å². The van der Waals surface area contributed by atoms with Crippen molar-refractivity contribution in [2.45, 2.75) is 18.9 Å². The standard InChI is InChI=1S/C17H21N3O2/c1-18-17(22)16(13-7-4-3-5-8-13)19-15(21)11-10-14-9-6-12-20(14)2/h3-9,12,16H,10-11H2,1-2H3,(H,18,22)(H,19,21)/t16-/m1/s1. The van der Waals surface area contributed by atoms with Crippen molar-refractivity contribution < 1.29 is 9.59 Å². The van der Waals surface area contributed by atoms with Gasteiger partial charge in [0.05, 0.1) is 0 Å². The van der Waals surface area contributed by atoms with Gasteiger partial charge >= 0.3 is 0 Å². The largest absolute Gasteiger partial charge is 0.357 e. The molecule has 0 saturated heterocycles. The Kier molecular flexibility index (Phi) is 5.36. The molecule has 1 atom stereocenters. The zero-order chi connectivity index (χ0) is 15.9. The number of hydrogen-bond donors (Lipinski definition) is 2. The number of carbonyl (C=O) groups excluding carboxylic acids is 2. The van der Waals surface area contributed by atoms with E-state index in [0.29, 0.717) is 12.8 Å². The minimum absolute atomic E-state index is 0.140. The maximum Gasteiger partial charge on any atom is 0.246 e. The van der Waals surface area contributed by atoms with Crippen LogP contribution in [0.5, 0.6) is 0 Å². The first kappa shape index (κ1) is 15.8. The molecule has 1 aromatic carbocycles. The van der Waals surface area contributed by atoms with Crippen LogP contribution in [-0.2, 0) is 23.1 Å². The second-order valence-corrected chi connectivity index (χ2v) is 5.14. The predicted molar refractivity (Wildman–Crippen MR) is 85.1 cm³/mol. The van der Waals surface area contributed by atoms with Gasteiger partial charge in [0.1, 0.15) is 6.04 Å². The van der Waals surface area contributed by atoms with E-state index >= 15 is 0 Å². The molecule has 2 N–H and O–H groups in total. The minimum atomic E-state index is -0.660. The molecule has 0 bridgehead atoms. The number of nitrogens with zero attached hydrogens (tertiary/aromatic N) is 1. The molecule has 22 heavy (non-hydrogen) atoms. The van der Waals surface area contributed by atoms with Crippen molar-refractivity contribution in [3.63, 3.8) is 0 Å². The first-order valence-electron chi connectivity index (χ1n) is 7.28. The number of benzene rings is 1. The first-order valence-corrected chi connectivity index (χ1v) is 7.28. The van der Waals surface area contributed by atoms with Crippen LogP contribution >= 0.6 is 0 Å². The molecule has 0 unspecified atom stereocenters. The van der Waals surface area contributed by atoms with Crippen LogP contribution in [0.4, 0.5) is 0 Å². The lowest BCUT2D eigenvalue weighted by Gasteiger charge is -2.17. The smallest absolute Gasteiger partial charge is 0.246 e. The van der Waals surface area contributed by atoms with E-state index in [0.717, 1.165) is 11.3 Å². The van der Waals surface area contributed by atoms with Crippen molar-refractivity contribution in [2.75, 3.05) is 7.05 Å². The molecule has 2 rings (SSSR count). The molecule has 0 spiro atoms. The summed E-state index contributed by atoms with van der Waals surface area (Å²) in [6.45, 7) is 0. The maximum absolute atomic E-state index is 12.2. The zero-order valence-electron chi connectivity index (χ0n) is 12.9. The number of hydrogen-bond acceptors (Lipinski definition) is 2. The summed E-state index contributed by atoms with van der Waals surface area (Å²) in [6.07, 6.45) is 2.94. The van der Waals surface area contributed by atoms with E-state index < -0.39 is 6.04 Å². The Morgan fingerprint density at radius 2 is 1.86 bits per heavy atom. The van der Waals surface area contributed by atoms with Crippen molar-refractivity contribution in [1.29, 1.82) is 0 Å². The molecule has 2 aromatic rings. The minimum Gasteiger partial charge on any atom is -0.357 e. The van der Waals surface area contributed by atoms with Crippen LogP contribution < -0.4 is 10.6 Å². The van der Waals surface area contributed by atoms with Crippen molar-refractivity contribution in [1.82, 2.24) is 15.2 Å². The second-order valence-electron chi connectivity index (χ2n) is 5.14. The van der Waals surface area contributed by atoms with Crippen LogP contribution in [-0.4, -0.2) is 23.4 Å². The molecule has 0 radical (unpaired) electrons. The van der Waals surface area contributed by atoms with Crippen LogP contribution in [0.15, 0.2) is 48.7 Å². The van der Waals surface area contributed by atoms with Gasteiger partial charge in [-0.3, -0.25) is 9.59 Å². The van der Waals surface area contributed by atoms with Crippen LogP contribution in [0.25, 0.3) is 0 Å². The van der Waals surface area contributed by atoms with E-state index in [1.165, 1.54) is 0 Å². The first-order chi connectivity index (χ1) is 10.6. The highest BCUT2D eigenvalue weighted by Gasteiger charge is 2.21. The van der Waals surface area contributed by atoms with E-state index in [1.54, 1.807) is 7.05 Å². The molecule has 2 amide bonds. The van der Waals surface area contributed by atoms with Crippen molar-refractivity contribution in [3.8, 4) is 0 Å². The average molecular weight is 299 g/mol. The van der Waals surface area contributed by atoms with E-state index in [1.807, 2.05) is 60.3 Å².